The summed E-state index contributed by atoms with van der Waals surface area (Å²) in [5.41, 5.74) is 0. The SMILES string of the molecule is CCN(CC(=O)NC(C)C)C(=O)/C=C/c1cccs1. The summed E-state index contributed by atoms with van der Waals surface area (Å²) in [4.78, 5) is 26.1. The number of hydrogen-bond acceptors (Lipinski definition) is 3. The highest BCUT2D eigenvalue weighted by molar-refractivity contribution is 7.10. The first-order valence-electron chi connectivity index (χ1n) is 6.32. The number of likely N-dealkylation sites (N-methyl/N-ethyl adjacent to an activating group) is 1. The van der Waals surface area contributed by atoms with Crippen molar-refractivity contribution in [1.29, 1.82) is 0 Å². The Hall–Kier alpha value is -1.62. The normalized spacial score (nSPS) is 10.9. The Morgan fingerprint density at radius 1 is 1.47 bits per heavy atom. The third kappa shape index (κ3) is 5.70. The summed E-state index contributed by atoms with van der Waals surface area (Å²) in [5.74, 6) is -0.274. The molecular formula is C14H20N2O2S. The fourth-order valence-electron chi connectivity index (χ4n) is 1.53. The molecule has 0 aliphatic rings. The fraction of sp³-hybridized carbons (Fsp3) is 0.429. The van der Waals surface area contributed by atoms with E-state index < -0.39 is 0 Å². The average molecular weight is 280 g/mol. The van der Waals surface area contributed by atoms with Crippen LogP contribution in [0.5, 0.6) is 0 Å². The Morgan fingerprint density at radius 3 is 2.74 bits per heavy atom. The highest BCUT2D eigenvalue weighted by Crippen LogP contribution is 2.10. The quantitative estimate of drug-likeness (QED) is 0.812. The molecule has 0 fully saturated rings. The van der Waals surface area contributed by atoms with E-state index in [1.165, 1.54) is 11.0 Å². The van der Waals surface area contributed by atoms with Gasteiger partial charge in [0.15, 0.2) is 0 Å². The molecule has 0 saturated carbocycles. The van der Waals surface area contributed by atoms with Crippen molar-refractivity contribution in [2.24, 2.45) is 0 Å². The van der Waals surface area contributed by atoms with Gasteiger partial charge in [-0.05, 0) is 38.3 Å². The Balaban J connectivity index is 2.54. The molecular weight excluding hydrogens is 260 g/mol. The van der Waals surface area contributed by atoms with E-state index >= 15 is 0 Å². The molecule has 0 bridgehead atoms. The summed E-state index contributed by atoms with van der Waals surface area (Å²) in [6.45, 7) is 6.26. The lowest BCUT2D eigenvalue weighted by Crippen LogP contribution is -2.42. The first kappa shape index (κ1) is 15.4. The minimum atomic E-state index is -0.144. The van der Waals surface area contributed by atoms with Gasteiger partial charge in [-0.1, -0.05) is 6.07 Å². The van der Waals surface area contributed by atoms with Crippen LogP contribution in [0.25, 0.3) is 6.08 Å². The molecule has 2 amide bonds. The molecule has 1 rings (SSSR count). The Kier molecular flexibility index (Phi) is 6.29. The van der Waals surface area contributed by atoms with Crippen molar-refractivity contribution < 1.29 is 9.59 Å². The lowest BCUT2D eigenvalue weighted by atomic mass is 10.3. The van der Waals surface area contributed by atoms with Crippen LogP contribution in [0.15, 0.2) is 23.6 Å². The number of thiophene rings is 1. The molecule has 0 saturated heterocycles. The van der Waals surface area contributed by atoms with E-state index in [-0.39, 0.29) is 24.4 Å². The van der Waals surface area contributed by atoms with E-state index in [0.29, 0.717) is 6.54 Å². The van der Waals surface area contributed by atoms with Gasteiger partial charge in [0, 0.05) is 23.5 Å². The summed E-state index contributed by atoms with van der Waals surface area (Å²) in [5, 5.41) is 4.73. The van der Waals surface area contributed by atoms with Crippen LogP contribution in [0.4, 0.5) is 0 Å². The molecule has 4 nitrogen and oxygen atoms in total. The third-order valence-corrected chi connectivity index (χ3v) is 3.25. The fourth-order valence-corrected chi connectivity index (χ4v) is 2.15. The maximum Gasteiger partial charge on any atom is 0.247 e. The predicted molar refractivity (Wildman–Crippen MR) is 78.9 cm³/mol. The number of carbonyl (C=O) groups excluding carboxylic acids is 2. The van der Waals surface area contributed by atoms with Crippen LogP contribution in [0, 0.1) is 0 Å². The van der Waals surface area contributed by atoms with Gasteiger partial charge in [0.1, 0.15) is 0 Å². The van der Waals surface area contributed by atoms with Gasteiger partial charge in [-0.2, -0.15) is 0 Å². The van der Waals surface area contributed by atoms with Gasteiger partial charge in [0.25, 0.3) is 0 Å². The summed E-state index contributed by atoms with van der Waals surface area (Å²) in [7, 11) is 0. The first-order valence-corrected chi connectivity index (χ1v) is 7.20. The van der Waals surface area contributed by atoms with Gasteiger partial charge in [-0.3, -0.25) is 9.59 Å². The second-order valence-electron chi connectivity index (χ2n) is 4.42. The zero-order valence-corrected chi connectivity index (χ0v) is 12.4. The summed E-state index contributed by atoms with van der Waals surface area (Å²) in [6.07, 6.45) is 3.29. The molecule has 1 aromatic rings. The second kappa shape index (κ2) is 7.74. The molecule has 0 aliphatic heterocycles. The van der Waals surface area contributed by atoms with Crippen molar-refractivity contribution >= 4 is 29.2 Å². The lowest BCUT2D eigenvalue weighted by Gasteiger charge is -2.19. The largest absolute Gasteiger partial charge is 0.352 e. The minimum absolute atomic E-state index is 0.0861. The van der Waals surface area contributed by atoms with Crippen molar-refractivity contribution in [2.75, 3.05) is 13.1 Å². The van der Waals surface area contributed by atoms with Gasteiger partial charge >= 0.3 is 0 Å². The molecule has 0 atom stereocenters. The maximum atomic E-state index is 12.0. The molecule has 0 radical (unpaired) electrons. The van der Waals surface area contributed by atoms with Crippen molar-refractivity contribution in [3.63, 3.8) is 0 Å². The zero-order chi connectivity index (χ0) is 14.3. The highest BCUT2D eigenvalue weighted by atomic mass is 32.1. The molecule has 0 unspecified atom stereocenters. The van der Waals surface area contributed by atoms with Crippen LogP contribution >= 0.6 is 11.3 Å². The van der Waals surface area contributed by atoms with Crippen LogP contribution < -0.4 is 5.32 Å². The number of nitrogens with one attached hydrogen (secondary N) is 1. The van der Waals surface area contributed by atoms with Gasteiger partial charge in [-0.15, -0.1) is 11.3 Å². The van der Waals surface area contributed by atoms with Crippen LogP contribution in [-0.2, 0) is 9.59 Å². The summed E-state index contributed by atoms with van der Waals surface area (Å²) < 4.78 is 0. The zero-order valence-electron chi connectivity index (χ0n) is 11.6. The van der Waals surface area contributed by atoms with Crippen molar-refractivity contribution in [3.05, 3.63) is 28.5 Å². The van der Waals surface area contributed by atoms with Crippen molar-refractivity contribution in [1.82, 2.24) is 10.2 Å². The van der Waals surface area contributed by atoms with E-state index in [4.69, 9.17) is 0 Å². The Bertz CT molecular complexity index is 438. The van der Waals surface area contributed by atoms with E-state index in [2.05, 4.69) is 5.32 Å². The van der Waals surface area contributed by atoms with Crippen LogP contribution in [-0.4, -0.2) is 35.8 Å². The lowest BCUT2D eigenvalue weighted by molar-refractivity contribution is -0.132. The van der Waals surface area contributed by atoms with Gasteiger partial charge < -0.3 is 10.2 Å². The monoisotopic (exact) mass is 280 g/mol. The van der Waals surface area contributed by atoms with E-state index in [1.54, 1.807) is 17.4 Å². The maximum absolute atomic E-state index is 12.0. The number of rotatable bonds is 6. The molecule has 0 spiro atoms. The summed E-state index contributed by atoms with van der Waals surface area (Å²) in [6, 6.07) is 3.96. The molecule has 19 heavy (non-hydrogen) atoms. The molecule has 104 valence electrons. The number of hydrogen-bond donors (Lipinski definition) is 1. The molecule has 5 heteroatoms. The molecule has 1 aromatic heterocycles. The van der Waals surface area contributed by atoms with E-state index in [9.17, 15) is 9.59 Å². The summed E-state index contributed by atoms with van der Waals surface area (Å²) >= 11 is 1.57. The Labute approximate surface area is 118 Å². The van der Waals surface area contributed by atoms with Crippen molar-refractivity contribution in [2.45, 2.75) is 26.8 Å². The van der Waals surface area contributed by atoms with E-state index in [1.807, 2.05) is 38.3 Å². The minimum Gasteiger partial charge on any atom is -0.352 e. The number of carbonyl (C=O) groups is 2. The number of amides is 2. The van der Waals surface area contributed by atoms with E-state index in [0.717, 1.165) is 4.88 Å². The number of nitrogens with zero attached hydrogens (tertiary/aromatic N) is 1. The second-order valence-corrected chi connectivity index (χ2v) is 5.40. The smallest absolute Gasteiger partial charge is 0.247 e. The van der Waals surface area contributed by atoms with Crippen LogP contribution in [0.3, 0.4) is 0 Å². The molecule has 0 aliphatic carbocycles. The van der Waals surface area contributed by atoms with Crippen molar-refractivity contribution in [3.8, 4) is 0 Å². The first-order chi connectivity index (χ1) is 9.02. The average Bonchev–Trinajstić information content (AvgIpc) is 2.85. The standard InChI is InChI=1S/C14H20N2O2S/c1-4-16(10-13(17)15-11(2)3)14(18)8-7-12-6-5-9-19-12/h5-9,11H,4,10H2,1-3H3,(H,15,17)/b8-7+. The highest BCUT2D eigenvalue weighted by Gasteiger charge is 2.13. The molecule has 1 N–H and O–H groups in total. The molecule has 1 heterocycles. The topological polar surface area (TPSA) is 49.4 Å². The Morgan fingerprint density at radius 2 is 2.21 bits per heavy atom. The van der Waals surface area contributed by atoms with Crippen LogP contribution in [0.2, 0.25) is 0 Å². The van der Waals surface area contributed by atoms with Crippen LogP contribution in [0.1, 0.15) is 25.6 Å². The predicted octanol–water partition coefficient (Wildman–Crippen LogP) is 2.13. The van der Waals surface area contributed by atoms with Gasteiger partial charge in [-0.25, -0.2) is 0 Å². The molecule has 0 aromatic carbocycles. The van der Waals surface area contributed by atoms with Gasteiger partial charge in [0.2, 0.25) is 11.8 Å². The third-order valence-electron chi connectivity index (χ3n) is 2.41. The van der Waals surface area contributed by atoms with Gasteiger partial charge in [0.05, 0.1) is 6.54 Å².